The molecule has 0 amide bonds. The van der Waals surface area contributed by atoms with E-state index in [0.717, 1.165) is 36.9 Å². The first-order chi connectivity index (χ1) is 14.1. The van der Waals surface area contributed by atoms with E-state index in [9.17, 15) is 0 Å². The summed E-state index contributed by atoms with van der Waals surface area (Å²) in [7, 11) is 0. The zero-order chi connectivity index (χ0) is 20.9. The molecular weight excluding hydrogens is 364 g/mol. The second-order valence-corrected chi connectivity index (χ2v) is 7.85. The fourth-order valence-electron chi connectivity index (χ4n) is 3.53. The van der Waals surface area contributed by atoms with Crippen molar-refractivity contribution in [2.24, 2.45) is 10.9 Å². The molecule has 6 heteroatoms. The van der Waals surface area contributed by atoms with Crippen molar-refractivity contribution in [3.63, 3.8) is 0 Å². The summed E-state index contributed by atoms with van der Waals surface area (Å²) in [5, 5.41) is 6.86. The Bertz CT molecular complexity index is 615. The minimum absolute atomic E-state index is 0.556. The summed E-state index contributed by atoms with van der Waals surface area (Å²) >= 11 is 0. The summed E-state index contributed by atoms with van der Waals surface area (Å²) in [5.41, 5.74) is 2.28. The Balaban J connectivity index is 1.90. The van der Waals surface area contributed by atoms with Crippen LogP contribution < -0.4 is 15.4 Å². The summed E-state index contributed by atoms with van der Waals surface area (Å²) < 4.78 is 11.3. The molecule has 29 heavy (non-hydrogen) atoms. The van der Waals surface area contributed by atoms with Gasteiger partial charge in [-0.05, 0) is 64.3 Å². The van der Waals surface area contributed by atoms with Gasteiger partial charge in [-0.25, -0.2) is 4.99 Å². The van der Waals surface area contributed by atoms with Crippen LogP contribution in [0.15, 0.2) is 23.2 Å². The molecule has 1 fully saturated rings. The number of aryl methyl sites for hydroxylation is 1. The van der Waals surface area contributed by atoms with E-state index in [4.69, 9.17) is 14.5 Å². The van der Waals surface area contributed by atoms with E-state index >= 15 is 0 Å². The van der Waals surface area contributed by atoms with Gasteiger partial charge in [0.2, 0.25) is 0 Å². The quantitative estimate of drug-likeness (QED) is 0.318. The minimum Gasteiger partial charge on any atom is -0.491 e. The highest BCUT2D eigenvalue weighted by Gasteiger charge is 2.14. The van der Waals surface area contributed by atoms with E-state index in [2.05, 4.69) is 54.5 Å². The number of rotatable bonds is 12. The third-order valence-corrected chi connectivity index (χ3v) is 5.05. The number of likely N-dealkylation sites (tertiary alicyclic amines) is 1. The van der Waals surface area contributed by atoms with Crippen molar-refractivity contribution in [3.05, 3.63) is 29.3 Å². The Morgan fingerprint density at radius 3 is 2.69 bits per heavy atom. The van der Waals surface area contributed by atoms with Crippen molar-refractivity contribution in [2.45, 2.75) is 47.1 Å². The number of nitrogens with zero attached hydrogens (tertiary/aromatic N) is 2. The van der Waals surface area contributed by atoms with Gasteiger partial charge < -0.3 is 25.0 Å². The van der Waals surface area contributed by atoms with Gasteiger partial charge in [-0.3, -0.25) is 0 Å². The Morgan fingerprint density at radius 2 is 1.97 bits per heavy atom. The molecule has 164 valence electrons. The SMILES string of the molecule is CCNC(=NCc1ccc(C)cc1OCCOCC)NCC(C)CN1CCCC1. The van der Waals surface area contributed by atoms with Crippen molar-refractivity contribution in [1.82, 2.24) is 15.5 Å². The van der Waals surface area contributed by atoms with Crippen molar-refractivity contribution in [2.75, 3.05) is 52.5 Å². The number of aliphatic imine (C=N–C) groups is 1. The first kappa shape index (κ1) is 23.5. The molecule has 0 aromatic heterocycles. The maximum Gasteiger partial charge on any atom is 0.191 e. The molecule has 2 N–H and O–H groups in total. The van der Waals surface area contributed by atoms with Crippen LogP contribution in [0, 0.1) is 12.8 Å². The van der Waals surface area contributed by atoms with Gasteiger partial charge in [0.15, 0.2) is 5.96 Å². The van der Waals surface area contributed by atoms with Gasteiger partial charge in [0.05, 0.1) is 13.2 Å². The number of ether oxygens (including phenoxy) is 2. The lowest BCUT2D eigenvalue weighted by Gasteiger charge is -2.21. The van der Waals surface area contributed by atoms with Crippen LogP contribution in [0.2, 0.25) is 0 Å². The molecule has 1 aliphatic rings. The van der Waals surface area contributed by atoms with E-state index in [1.54, 1.807) is 0 Å². The number of nitrogens with one attached hydrogen (secondary N) is 2. The molecule has 1 aromatic carbocycles. The van der Waals surface area contributed by atoms with E-state index in [0.29, 0.717) is 32.3 Å². The van der Waals surface area contributed by atoms with Crippen LogP contribution in [0.3, 0.4) is 0 Å². The van der Waals surface area contributed by atoms with Crippen molar-refractivity contribution >= 4 is 5.96 Å². The molecule has 6 nitrogen and oxygen atoms in total. The van der Waals surface area contributed by atoms with Crippen LogP contribution in [0.4, 0.5) is 0 Å². The molecule has 2 rings (SSSR count). The molecule has 1 saturated heterocycles. The lowest BCUT2D eigenvalue weighted by atomic mass is 10.1. The highest BCUT2D eigenvalue weighted by atomic mass is 16.5. The van der Waals surface area contributed by atoms with Crippen LogP contribution in [-0.2, 0) is 11.3 Å². The van der Waals surface area contributed by atoms with Crippen molar-refractivity contribution < 1.29 is 9.47 Å². The van der Waals surface area contributed by atoms with Crippen LogP contribution >= 0.6 is 0 Å². The molecule has 0 bridgehead atoms. The fraction of sp³-hybridized carbons (Fsp3) is 0.696. The molecular formula is C23H40N4O2. The summed E-state index contributed by atoms with van der Waals surface area (Å²) in [4.78, 5) is 7.36. The van der Waals surface area contributed by atoms with Crippen LogP contribution in [0.1, 0.15) is 44.7 Å². The van der Waals surface area contributed by atoms with Gasteiger partial charge in [-0.2, -0.15) is 0 Å². The maximum absolute atomic E-state index is 5.94. The van der Waals surface area contributed by atoms with E-state index in [1.165, 1.54) is 31.5 Å². The largest absolute Gasteiger partial charge is 0.491 e. The zero-order valence-electron chi connectivity index (χ0n) is 18.8. The highest BCUT2D eigenvalue weighted by Crippen LogP contribution is 2.21. The van der Waals surface area contributed by atoms with Gasteiger partial charge in [-0.15, -0.1) is 0 Å². The smallest absolute Gasteiger partial charge is 0.191 e. The molecule has 1 unspecified atom stereocenters. The summed E-state index contributed by atoms with van der Waals surface area (Å²) in [6.07, 6.45) is 2.69. The Morgan fingerprint density at radius 1 is 1.17 bits per heavy atom. The standard InChI is InChI=1S/C23H40N4O2/c1-5-24-23(25-16-20(4)18-27-11-7-8-12-27)26-17-21-10-9-19(3)15-22(21)29-14-13-28-6-2/h9-10,15,20H,5-8,11-14,16-18H2,1-4H3,(H2,24,25,26). The Hall–Kier alpha value is -1.79. The number of hydrogen-bond donors (Lipinski definition) is 2. The Labute approximate surface area is 177 Å². The van der Waals surface area contributed by atoms with Gasteiger partial charge in [0.25, 0.3) is 0 Å². The molecule has 1 aliphatic heterocycles. The third-order valence-electron chi connectivity index (χ3n) is 5.05. The average molecular weight is 405 g/mol. The van der Waals surface area contributed by atoms with Gasteiger partial charge in [-0.1, -0.05) is 19.1 Å². The average Bonchev–Trinajstić information content (AvgIpc) is 3.21. The van der Waals surface area contributed by atoms with Gasteiger partial charge in [0.1, 0.15) is 12.4 Å². The highest BCUT2D eigenvalue weighted by molar-refractivity contribution is 5.79. The lowest BCUT2D eigenvalue weighted by molar-refractivity contribution is 0.110. The van der Waals surface area contributed by atoms with Gasteiger partial charge in [0, 0.05) is 31.8 Å². The monoisotopic (exact) mass is 404 g/mol. The molecule has 1 heterocycles. The van der Waals surface area contributed by atoms with Crippen LogP contribution in [0.25, 0.3) is 0 Å². The first-order valence-corrected chi connectivity index (χ1v) is 11.2. The molecule has 0 radical (unpaired) electrons. The second kappa shape index (κ2) is 13.4. The zero-order valence-corrected chi connectivity index (χ0v) is 18.8. The predicted molar refractivity (Wildman–Crippen MR) is 121 cm³/mol. The second-order valence-electron chi connectivity index (χ2n) is 7.85. The van der Waals surface area contributed by atoms with E-state index in [1.807, 2.05) is 6.92 Å². The van der Waals surface area contributed by atoms with Gasteiger partial charge >= 0.3 is 0 Å². The van der Waals surface area contributed by atoms with E-state index < -0.39 is 0 Å². The third kappa shape index (κ3) is 9.05. The summed E-state index contributed by atoms with van der Waals surface area (Å²) in [5.74, 6) is 2.35. The lowest BCUT2D eigenvalue weighted by Crippen LogP contribution is -2.41. The fourth-order valence-corrected chi connectivity index (χ4v) is 3.53. The number of benzene rings is 1. The Kier molecular flexibility index (Phi) is 10.9. The van der Waals surface area contributed by atoms with E-state index in [-0.39, 0.29) is 0 Å². The molecule has 0 saturated carbocycles. The predicted octanol–water partition coefficient (Wildman–Crippen LogP) is 3.20. The summed E-state index contributed by atoms with van der Waals surface area (Å²) in [6.45, 7) is 16.3. The minimum atomic E-state index is 0.556. The summed E-state index contributed by atoms with van der Waals surface area (Å²) in [6, 6.07) is 6.29. The molecule has 1 atom stereocenters. The topological polar surface area (TPSA) is 58.1 Å². The maximum atomic E-state index is 5.94. The van der Waals surface area contributed by atoms with Crippen LogP contribution in [-0.4, -0.2) is 63.4 Å². The molecule has 0 spiro atoms. The molecule has 1 aromatic rings. The first-order valence-electron chi connectivity index (χ1n) is 11.2. The number of guanidine groups is 1. The normalized spacial score (nSPS) is 16.1. The van der Waals surface area contributed by atoms with Crippen LogP contribution in [0.5, 0.6) is 5.75 Å². The number of hydrogen-bond acceptors (Lipinski definition) is 4. The van der Waals surface area contributed by atoms with Crippen molar-refractivity contribution in [1.29, 1.82) is 0 Å². The van der Waals surface area contributed by atoms with Crippen molar-refractivity contribution in [3.8, 4) is 5.75 Å². The molecule has 0 aliphatic carbocycles.